The average Bonchev–Trinajstić information content (AvgIpc) is 2.91. The highest BCUT2D eigenvalue weighted by molar-refractivity contribution is 7.92. The molecule has 4 aromatic carbocycles. The number of fused-ring (bicyclic) bond motifs is 1. The molecule has 0 saturated heterocycles. The summed E-state index contributed by atoms with van der Waals surface area (Å²) in [6.45, 7) is 1.58. The summed E-state index contributed by atoms with van der Waals surface area (Å²) in [5, 5.41) is 4.36. The summed E-state index contributed by atoms with van der Waals surface area (Å²) in [4.78, 5) is 25.5. The zero-order chi connectivity index (χ0) is 28.0. The second kappa shape index (κ2) is 12.5. The van der Waals surface area contributed by atoms with Crippen LogP contribution in [-0.4, -0.2) is 33.4 Å². The van der Waals surface area contributed by atoms with E-state index in [4.69, 9.17) is 27.9 Å². The standard InChI is InChI=1S/C29H26Cl2N2O5S/c1-2-3-14-38-28(34)19-33(39(36,37)25-17-21(30)16-22(31)18-25)24-12-13-26-20(15-24)8-7-11-27(26)29(35)32-23-9-5-4-6-10-23/h4-13,15-18H,2-3,14,19H2,1H3,(H,32,35). The summed E-state index contributed by atoms with van der Waals surface area (Å²) >= 11 is 12.2. The van der Waals surface area contributed by atoms with Gasteiger partial charge in [-0.15, -0.1) is 0 Å². The Bertz CT molecular complexity index is 1590. The Morgan fingerprint density at radius 3 is 2.31 bits per heavy atom. The lowest BCUT2D eigenvalue weighted by molar-refractivity contribution is -0.141. The first-order valence-corrected chi connectivity index (χ1v) is 14.4. The predicted octanol–water partition coefficient (Wildman–Crippen LogP) is 6.94. The van der Waals surface area contributed by atoms with Crippen molar-refractivity contribution in [3.8, 4) is 0 Å². The highest BCUT2D eigenvalue weighted by Gasteiger charge is 2.29. The van der Waals surface area contributed by atoms with Crippen LogP contribution in [-0.2, 0) is 19.6 Å². The van der Waals surface area contributed by atoms with Gasteiger partial charge in [-0.3, -0.25) is 13.9 Å². The van der Waals surface area contributed by atoms with Gasteiger partial charge in [0.1, 0.15) is 6.54 Å². The second-order valence-corrected chi connectivity index (χ2v) is 11.5. The van der Waals surface area contributed by atoms with E-state index >= 15 is 0 Å². The van der Waals surface area contributed by atoms with Crippen LogP contribution in [0.3, 0.4) is 0 Å². The highest BCUT2D eigenvalue weighted by Crippen LogP contribution is 2.31. The van der Waals surface area contributed by atoms with Gasteiger partial charge < -0.3 is 10.1 Å². The zero-order valence-electron chi connectivity index (χ0n) is 21.1. The van der Waals surface area contributed by atoms with Crippen molar-refractivity contribution in [3.05, 3.63) is 101 Å². The lowest BCUT2D eigenvalue weighted by Gasteiger charge is -2.24. The average molecular weight is 586 g/mol. The van der Waals surface area contributed by atoms with Gasteiger partial charge >= 0.3 is 5.97 Å². The van der Waals surface area contributed by atoms with Gasteiger partial charge in [0.05, 0.1) is 17.2 Å². The van der Waals surface area contributed by atoms with Crippen molar-refractivity contribution in [1.82, 2.24) is 0 Å². The number of amides is 1. The number of nitrogens with zero attached hydrogens (tertiary/aromatic N) is 1. The maximum atomic E-state index is 13.8. The van der Waals surface area contributed by atoms with Crippen LogP contribution >= 0.6 is 23.2 Å². The Kier molecular flexibility index (Phi) is 9.12. The van der Waals surface area contributed by atoms with E-state index in [0.717, 1.165) is 10.7 Å². The third-order valence-corrected chi connectivity index (χ3v) is 8.07. The van der Waals surface area contributed by atoms with Gasteiger partial charge in [-0.1, -0.05) is 72.9 Å². The number of hydrogen-bond donors (Lipinski definition) is 1. The van der Waals surface area contributed by atoms with E-state index in [1.807, 2.05) is 25.1 Å². The molecule has 0 atom stereocenters. The van der Waals surface area contributed by atoms with Crippen LogP contribution < -0.4 is 9.62 Å². The number of hydrogen-bond acceptors (Lipinski definition) is 5. The molecule has 1 amide bonds. The Morgan fingerprint density at radius 1 is 0.897 bits per heavy atom. The minimum atomic E-state index is -4.28. The van der Waals surface area contributed by atoms with Crippen LogP contribution in [0.2, 0.25) is 10.0 Å². The molecule has 0 bridgehead atoms. The number of unbranched alkanes of at least 4 members (excludes halogenated alkanes) is 1. The molecule has 10 heteroatoms. The van der Waals surface area contributed by atoms with Crippen molar-refractivity contribution in [2.75, 3.05) is 22.8 Å². The normalized spacial score (nSPS) is 11.3. The number of rotatable bonds is 10. The number of para-hydroxylation sites is 1. The molecule has 1 N–H and O–H groups in total. The maximum absolute atomic E-state index is 13.8. The molecular weight excluding hydrogens is 559 g/mol. The Morgan fingerprint density at radius 2 is 1.62 bits per heavy atom. The van der Waals surface area contributed by atoms with Crippen molar-refractivity contribution in [2.45, 2.75) is 24.7 Å². The van der Waals surface area contributed by atoms with E-state index in [0.29, 0.717) is 28.4 Å². The number of ether oxygens (including phenoxy) is 1. The number of carbonyl (C=O) groups excluding carboxylic acids is 2. The van der Waals surface area contributed by atoms with Gasteiger partial charge in [0, 0.05) is 21.3 Å². The van der Waals surface area contributed by atoms with Crippen molar-refractivity contribution < 1.29 is 22.7 Å². The predicted molar refractivity (Wildman–Crippen MR) is 155 cm³/mol. The number of halogens is 2. The first kappa shape index (κ1) is 28.4. The minimum Gasteiger partial charge on any atom is -0.464 e. The summed E-state index contributed by atoms with van der Waals surface area (Å²) in [6, 6.07) is 23.0. The molecule has 4 aromatic rings. The summed E-state index contributed by atoms with van der Waals surface area (Å²) < 4.78 is 33.7. The van der Waals surface area contributed by atoms with Crippen LogP contribution in [0.25, 0.3) is 10.8 Å². The molecule has 0 aromatic heterocycles. The fourth-order valence-corrected chi connectivity index (χ4v) is 6.09. The molecule has 202 valence electrons. The van der Waals surface area contributed by atoms with Crippen LogP contribution in [0, 0.1) is 0 Å². The van der Waals surface area contributed by atoms with E-state index < -0.39 is 22.5 Å². The summed E-state index contributed by atoms with van der Waals surface area (Å²) in [5.74, 6) is -1.01. The topological polar surface area (TPSA) is 92.8 Å². The van der Waals surface area contributed by atoms with E-state index in [2.05, 4.69) is 5.32 Å². The number of nitrogens with one attached hydrogen (secondary N) is 1. The van der Waals surface area contributed by atoms with Gasteiger partial charge in [0.15, 0.2) is 0 Å². The second-order valence-electron chi connectivity index (χ2n) is 8.72. The molecule has 0 radical (unpaired) electrons. The van der Waals surface area contributed by atoms with E-state index in [9.17, 15) is 18.0 Å². The third-order valence-electron chi connectivity index (χ3n) is 5.89. The summed E-state index contributed by atoms with van der Waals surface area (Å²) in [6.07, 6.45) is 1.48. The van der Waals surface area contributed by atoms with Gasteiger partial charge in [-0.2, -0.15) is 0 Å². The number of benzene rings is 4. The van der Waals surface area contributed by atoms with Gasteiger partial charge in [-0.25, -0.2) is 8.42 Å². The lowest BCUT2D eigenvalue weighted by atomic mass is 10.0. The molecule has 0 aliphatic heterocycles. The van der Waals surface area contributed by atoms with Crippen LogP contribution in [0.4, 0.5) is 11.4 Å². The summed E-state index contributed by atoms with van der Waals surface area (Å²) in [5.41, 5.74) is 1.28. The molecule has 0 unspecified atom stereocenters. The molecular formula is C29H26Cl2N2O5S. The molecule has 0 saturated carbocycles. The van der Waals surface area contributed by atoms with Gasteiger partial charge in [0.25, 0.3) is 15.9 Å². The highest BCUT2D eigenvalue weighted by atomic mass is 35.5. The first-order chi connectivity index (χ1) is 18.7. The molecule has 0 fully saturated rings. The Labute approximate surface area is 237 Å². The van der Waals surface area contributed by atoms with E-state index in [1.54, 1.807) is 48.5 Å². The Hall–Kier alpha value is -3.59. The zero-order valence-corrected chi connectivity index (χ0v) is 23.4. The van der Waals surface area contributed by atoms with Crippen molar-refractivity contribution in [2.24, 2.45) is 0 Å². The van der Waals surface area contributed by atoms with Crippen molar-refractivity contribution >= 4 is 67.2 Å². The fourth-order valence-electron chi connectivity index (χ4n) is 3.96. The Balaban J connectivity index is 1.74. The minimum absolute atomic E-state index is 0.138. The summed E-state index contributed by atoms with van der Waals surface area (Å²) in [7, 11) is -4.28. The molecule has 7 nitrogen and oxygen atoms in total. The van der Waals surface area contributed by atoms with E-state index in [-0.39, 0.29) is 33.1 Å². The van der Waals surface area contributed by atoms with Crippen LogP contribution in [0.15, 0.2) is 89.8 Å². The quantitative estimate of drug-likeness (QED) is 0.161. The van der Waals surface area contributed by atoms with Crippen molar-refractivity contribution in [1.29, 1.82) is 0 Å². The monoisotopic (exact) mass is 584 g/mol. The van der Waals surface area contributed by atoms with Crippen LogP contribution in [0.1, 0.15) is 30.1 Å². The largest absolute Gasteiger partial charge is 0.464 e. The molecule has 0 heterocycles. The maximum Gasteiger partial charge on any atom is 0.326 e. The number of esters is 1. The van der Waals surface area contributed by atoms with Gasteiger partial charge in [0.2, 0.25) is 0 Å². The first-order valence-electron chi connectivity index (χ1n) is 12.2. The smallest absolute Gasteiger partial charge is 0.326 e. The SMILES string of the molecule is CCCCOC(=O)CN(c1ccc2c(C(=O)Nc3ccccc3)cccc2c1)S(=O)(=O)c1cc(Cl)cc(Cl)c1. The van der Waals surface area contributed by atoms with E-state index in [1.165, 1.54) is 18.2 Å². The number of carbonyl (C=O) groups is 2. The molecule has 0 aliphatic rings. The fraction of sp³-hybridized carbons (Fsp3) is 0.172. The van der Waals surface area contributed by atoms with Crippen LogP contribution in [0.5, 0.6) is 0 Å². The molecule has 0 spiro atoms. The van der Waals surface area contributed by atoms with Crippen molar-refractivity contribution in [3.63, 3.8) is 0 Å². The molecule has 0 aliphatic carbocycles. The molecule has 39 heavy (non-hydrogen) atoms. The number of anilines is 2. The van der Waals surface area contributed by atoms with Gasteiger partial charge in [-0.05, 0) is 65.7 Å². The number of sulfonamides is 1. The lowest BCUT2D eigenvalue weighted by Crippen LogP contribution is -2.36. The third kappa shape index (κ3) is 6.89. The molecule has 4 rings (SSSR count).